The van der Waals surface area contributed by atoms with Crippen molar-refractivity contribution in [3.8, 4) is 23.0 Å². The minimum absolute atomic E-state index is 0.0274. The van der Waals surface area contributed by atoms with Crippen LogP contribution in [-0.4, -0.2) is 26.0 Å². The highest BCUT2D eigenvalue weighted by molar-refractivity contribution is 6.34. The maximum Gasteiger partial charge on any atom is 0.270 e. The first kappa shape index (κ1) is 19.2. The summed E-state index contributed by atoms with van der Waals surface area (Å²) < 4.78 is 5.34. The van der Waals surface area contributed by atoms with Crippen LogP contribution >= 0.6 is 11.6 Å². The average molecular weight is 422 g/mol. The number of hydrogen-bond donors (Lipinski definition) is 1. The molecule has 2 aromatic carbocycles. The van der Waals surface area contributed by atoms with Crippen molar-refractivity contribution in [2.24, 2.45) is 0 Å². The number of nitro groups is 1. The molecule has 9 nitrogen and oxygen atoms in total. The van der Waals surface area contributed by atoms with Crippen molar-refractivity contribution in [1.82, 2.24) is 15.1 Å². The number of carbonyl (C=O) groups excluding carboxylic acids is 1. The number of rotatable bonds is 5. The van der Waals surface area contributed by atoms with Crippen molar-refractivity contribution in [2.75, 3.05) is 5.32 Å². The number of nitrogens with zero attached hydrogens (tertiary/aromatic N) is 4. The van der Waals surface area contributed by atoms with Crippen LogP contribution in [0.1, 0.15) is 10.4 Å². The molecule has 0 aliphatic carbocycles. The highest BCUT2D eigenvalue weighted by Crippen LogP contribution is 2.29. The van der Waals surface area contributed by atoms with Gasteiger partial charge in [-0.15, -0.1) is 0 Å². The Bertz CT molecular complexity index is 1240. The van der Waals surface area contributed by atoms with Crippen molar-refractivity contribution in [3.05, 3.63) is 87.6 Å². The topological polar surface area (TPSA) is 124 Å². The lowest BCUT2D eigenvalue weighted by molar-refractivity contribution is -0.384. The molecule has 0 spiro atoms. The fourth-order valence-electron chi connectivity index (χ4n) is 2.70. The number of amides is 1. The van der Waals surface area contributed by atoms with Crippen LogP contribution in [0.25, 0.3) is 23.0 Å². The van der Waals surface area contributed by atoms with E-state index in [1.165, 1.54) is 12.1 Å². The van der Waals surface area contributed by atoms with Gasteiger partial charge in [-0.1, -0.05) is 35.0 Å². The van der Waals surface area contributed by atoms with E-state index in [0.29, 0.717) is 22.8 Å². The quantitative estimate of drug-likeness (QED) is 0.368. The molecule has 2 aromatic heterocycles. The molecule has 0 aliphatic rings. The smallest absolute Gasteiger partial charge is 0.270 e. The summed E-state index contributed by atoms with van der Waals surface area (Å²) in [6.07, 6.45) is 1.61. The van der Waals surface area contributed by atoms with E-state index in [9.17, 15) is 14.9 Å². The van der Waals surface area contributed by atoms with Gasteiger partial charge in [0.25, 0.3) is 17.5 Å². The molecule has 30 heavy (non-hydrogen) atoms. The number of non-ortho nitro benzene ring substituents is 1. The minimum atomic E-state index is -0.611. The first-order valence-corrected chi connectivity index (χ1v) is 9.00. The number of benzene rings is 2. The molecular formula is C20H12ClN5O4. The SMILES string of the molecule is O=C(Nc1ccccc1-c1nc(-c2ccccn2)no1)c1cc([N+](=O)[O-])ccc1Cl. The zero-order chi connectivity index (χ0) is 21.1. The van der Waals surface area contributed by atoms with E-state index in [1.54, 1.807) is 48.7 Å². The molecule has 0 saturated carbocycles. The first-order chi connectivity index (χ1) is 14.5. The van der Waals surface area contributed by atoms with E-state index in [0.717, 1.165) is 6.07 Å². The predicted octanol–water partition coefficient (Wildman–Crippen LogP) is 4.61. The molecule has 1 N–H and O–H groups in total. The van der Waals surface area contributed by atoms with Gasteiger partial charge in [0.2, 0.25) is 5.82 Å². The van der Waals surface area contributed by atoms with Gasteiger partial charge in [-0.2, -0.15) is 4.98 Å². The van der Waals surface area contributed by atoms with Gasteiger partial charge < -0.3 is 9.84 Å². The molecule has 0 unspecified atom stereocenters. The standard InChI is InChI=1S/C20H12ClN5O4/c21-15-9-8-12(26(28)29)11-14(15)19(27)23-16-6-2-1-5-13(16)20-24-18(25-30-20)17-7-3-4-10-22-17/h1-11H,(H,23,27). The largest absolute Gasteiger partial charge is 0.333 e. The Labute approximate surface area is 174 Å². The number of halogens is 1. The van der Waals surface area contributed by atoms with E-state index in [4.69, 9.17) is 16.1 Å². The minimum Gasteiger partial charge on any atom is -0.333 e. The van der Waals surface area contributed by atoms with Gasteiger partial charge in [0, 0.05) is 18.3 Å². The van der Waals surface area contributed by atoms with Crippen LogP contribution in [0.4, 0.5) is 11.4 Å². The predicted molar refractivity (Wildman–Crippen MR) is 109 cm³/mol. The van der Waals surface area contributed by atoms with Crippen molar-refractivity contribution >= 4 is 28.9 Å². The number of hydrogen-bond acceptors (Lipinski definition) is 7. The van der Waals surface area contributed by atoms with Crippen LogP contribution in [0.15, 0.2) is 71.4 Å². The maximum absolute atomic E-state index is 12.7. The Morgan fingerprint density at radius 3 is 2.67 bits per heavy atom. The van der Waals surface area contributed by atoms with E-state index in [1.807, 2.05) is 0 Å². The highest BCUT2D eigenvalue weighted by atomic mass is 35.5. The van der Waals surface area contributed by atoms with Crippen molar-refractivity contribution in [2.45, 2.75) is 0 Å². The van der Waals surface area contributed by atoms with Gasteiger partial charge >= 0.3 is 0 Å². The summed E-state index contributed by atoms with van der Waals surface area (Å²) in [5, 5.41) is 17.7. The van der Waals surface area contributed by atoms with Crippen LogP contribution in [0.3, 0.4) is 0 Å². The number of aromatic nitrogens is 3. The monoisotopic (exact) mass is 421 g/mol. The van der Waals surface area contributed by atoms with Gasteiger partial charge in [0.1, 0.15) is 5.69 Å². The molecule has 4 rings (SSSR count). The van der Waals surface area contributed by atoms with Gasteiger partial charge in [-0.3, -0.25) is 19.9 Å². The third-order valence-corrected chi connectivity index (χ3v) is 4.46. The van der Waals surface area contributed by atoms with Crippen LogP contribution in [0, 0.1) is 10.1 Å². The maximum atomic E-state index is 12.7. The van der Waals surface area contributed by atoms with E-state index in [2.05, 4.69) is 20.4 Å². The number of anilines is 1. The molecule has 0 atom stereocenters. The fraction of sp³-hybridized carbons (Fsp3) is 0. The van der Waals surface area contributed by atoms with E-state index in [-0.39, 0.29) is 22.2 Å². The zero-order valence-corrected chi connectivity index (χ0v) is 15.9. The average Bonchev–Trinajstić information content (AvgIpc) is 3.25. The molecule has 10 heteroatoms. The summed E-state index contributed by atoms with van der Waals surface area (Å²) in [6, 6.07) is 15.8. The van der Waals surface area contributed by atoms with Crippen LogP contribution in [0.2, 0.25) is 5.02 Å². The van der Waals surface area contributed by atoms with Crippen LogP contribution < -0.4 is 5.32 Å². The molecule has 1 amide bonds. The number of para-hydroxylation sites is 1. The van der Waals surface area contributed by atoms with Crippen molar-refractivity contribution in [3.63, 3.8) is 0 Å². The highest BCUT2D eigenvalue weighted by Gasteiger charge is 2.19. The molecule has 4 aromatic rings. The van der Waals surface area contributed by atoms with Gasteiger partial charge in [0.15, 0.2) is 0 Å². The molecule has 0 aliphatic heterocycles. The molecule has 0 radical (unpaired) electrons. The number of carbonyl (C=O) groups is 1. The Morgan fingerprint density at radius 1 is 1.10 bits per heavy atom. The molecule has 0 saturated heterocycles. The summed E-state index contributed by atoms with van der Waals surface area (Å²) in [4.78, 5) is 31.6. The van der Waals surface area contributed by atoms with Crippen LogP contribution in [-0.2, 0) is 0 Å². The number of nitro benzene ring substituents is 1. The summed E-state index contributed by atoms with van der Waals surface area (Å²) in [6.45, 7) is 0. The summed E-state index contributed by atoms with van der Waals surface area (Å²) in [7, 11) is 0. The van der Waals surface area contributed by atoms with Crippen molar-refractivity contribution in [1.29, 1.82) is 0 Å². The molecule has 0 bridgehead atoms. The first-order valence-electron chi connectivity index (χ1n) is 8.63. The Morgan fingerprint density at radius 2 is 1.90 bits per heavy atom. The Balaban J connectivity index is 1.65. The lowest BCUT2D eigenvalue weighted by Gasteiger charge is -2.09. The fourth-order valence-corrected chi connectivity index (χ4v) is 2.90. The lowest BCUT2D eigenvalue weighted by Crippen LogP contribution is -2.13. The third-order valence-electron chi connectivity index (χ3n) is 4.13. The number of pyridine rings is 1. The second-order valence-electron chi connectivity index (χ2n) is 6.06. The van der Waals surface area contributed by atoms with Gasteiger partial charge in [-0.05, 0) is 30.3 Å². The van der Waals surface area contributed by atoms with Crippen LogP contribution in [0.5, 0.6) is 0 Å². The third kappa shape index (κ3) is 3.87. The molecule has 148 valence electrons. The molecule has 0 fully saturated rings. The second kappa shape index (κ2) is 8.10. The number of nitrogens with one attached hydrogen (secondary N) is 1. The van der Waals surface area contributed by atoms with Crippen molar-refractivity contribution < 1.29 is 14.2 Å². The summed E-state index contributed by atoms with van der Waals surface area (Å²) in [5.41, 5.74) is 1.12. The zero-order valence-electron chi connectivity index (χ0n) is 15.2. The normalized spacial score (nSPS) is 10.6. The van der Waals surface area contributed by atoms with Gasteiger partial charge in [0.05, 0.1) is 26.8 Å². The Hall–Kier alpha value is -4.11. The summed E-state index contributed by atoms with van der Waals surface area (Å²) in [5.74, 6) is -0.134. The second-order valence-corrected chi connectivity index (χ2v) is 6.47. The summed E-state index contributed by atoms with van der Waals surface area (Å²) >= 11 is 6.06. The molecule has 2 heterocycles. The van der Waals surface area contributed by atoms with E-state index < -0.39 is 10.8 Å². The molecular weight excluding hydrogens is 410 g/mol. The Kier molecular flexibility index (Phi) is 5.19. The van der Waals surface area contributed by atoms with E-state index >= 15 is 0 Å². The van der Waals surface area contributed by atoms with Gasteiger partial charge in [-0.25, -0.2) is 0 Å². The lowest BCUT2D eigenvalue weighted by atomic mass is 10.1.